The number of hydrogen-bond acceptors (Lipinski definition) is 8. The number of nitrogens with zero attached hydrogens (tertiary/aromatic N) is 5. The molecule has 0 fully saturated rings. The Morgan fingerprint density at radius 1 is 1.21 bits per heavy atom. The Morgan fingerprint density at radius 3 is 2.32 bits per heavy atom. The number of hydrogen-bond donors (Lipinski definition) is 1. The number of ether oxygens (including phenoxy) is 2. The Labute approximate surface area is 113 Å². The quantitative estimate of drug-likeness (QED) is 0.835. The fourth-order valence-electron chi connectivity index (χ4n) is 1.30. The molecule has 9 heteroatoms. The van der Waals surface area contributed by atoms with Crippen molar-refractivity contribution in [3.63, 3.8) is 0 Å². The highest BCUT2D eigenvalue weighted by Crippen LogP contribution is 2.25. The topological polar surface area (TPSA) is 95.2 Å². The first kappa shape index (κ1) is 13.6. The second-order valence-corrected chi connectivity index (χ2v) is 4.38. The zero-order chi connectivity index (χ0) is 13.8. The molecule has 102 valence electrons. The van der Waals surface area contributed by atoms with Crippen molar-refractivity contribution in [2.24, 2.45) is 7.05 Å². The monoisotopic (exact) mass is 283 g/mol. The van der Waals surface area contributed by atoms with Gasteiger partial charge in [0.2, 0.25) is 5.16 Å². The lowest BCUT2D eigenvalue weighted by Crippen LogP contribution is -2.02. The van der Waals surface area contributed by atoms with Gasteiger partial charge in [-0.25, -0.2) is 4.98 Å². The summed E-state index contributed by atoms with van der Waals surface area (Å²) in [5.74, 6) is 0. The molecule has 2 rings (SSSR count). The summed E-state index contributed by atoms with van der Waals surface area (Å²) in [5.41, 5.74) is 0.704. The Bertz CT molecular complexity index is 552. The van der Waals surface area contributed by atoms with Gasteiger partial charge in [0.1, 0.15) is 0 Å². The molecule has 0 unspecified atom stereocenters. The van der Waals surface area contributed by atoms with Crippen LogP contribution in [-0.4, -0.2) is 43.8 Å². The van der Waals surface area contributed by atoms with Crippen LogP contribution in [0.25, 0.3) is 0 Å². The zero-order valence-corrected chi connectivity index (χ0v) is 11.5. The maximum Gasteiger partial charge on any atom is 0.323 e. The van der Waals surface area contributed by atoms with Crippen molar-refractivity contribution in [1.82, 2.24) is 24.5 Å². The fourth-order valence-corrected chi connectivity index (χ4v) is 2.07. The summed E-state index contributed by atoms with van der Waals surface area (Å²) < 4.78 is 11.7. The summed E-state index contributed by atoms with van der Waals surface area (Å²) in [6.07, 6.45) is 1.60. The van der Waals surface area contributed by atoms with Gasteiger partial charge < -0.3 is 19.1 Å². The molecule has 0 atom stereocenters. The lowest BCUT2D eigenvalue weighted by atomic mass is 10.5. The minimum absolute atomic E-state index is 0.0755. The average molecular weight is 283 g/mol. The van der Waals surface area contributed by atoms with Gasteiger partial charge in [0.05, 0.1) is 32.7 Å². The molecule has 0 aromatic carbocycles. The average Bonchev–Trinajstić information content (AvgIpc) is 2.79. The van der Waals surface area contributed by atoms with Crippen LogP contribution in [0.4, 0.5) is 0 Å². The number of imidazole rings is 1. The lowest BCUT2D eigenvalue weighted by molar-refractivity contribution is 0.271. The predicted molar refractivity (Wildman–Crippen MR) is 66.2 cm³/mol. The van der Waals surface area contributed by atoms with Crippen molar-refractivity contribution in [3.05, 3.63) is 11.9 Å². The molecule has 2 heterocycles. The lowest BCUT2D eigenvalue weighted by Gasteiger charge is -2.05. The normalized spacial score (nSPS) is 10.5. The van der Waals surface area contributed by atoms with Gasteiger partial charge in [0.15, 0.2) is 5.16 Å². The summed E-state index contributed by atoms with van der Waals surface area (Å²) in [5, 5.41) is 10.2. The van der Waals surface area contributed by atoms with E-state index in [1.807, 2.05) is 0 Å². The summed E-state index contributed by atoms with van der Waals surface area (Å²) in [6.45, 7) is -0.0755. The second kappa shape index (κ2) is 5.85. The van der Waals surface area contributed by atoms with Gasteiger partial charge >= 0.3 is 12.0 Å². The summed E-state index contributed by atoms with van der Waals surface area (Å²) in [6, 6.07) is 0.344. The number of rotatable bonds is 5. The van der Waals surface area contributed by atoms with E-state index in [-0.39, 0.29) is 18.6 Å². The van der Waals surface area contributed by atoms with E-state index < -0.39 is 0 Å². The third kappa shape index (κ3) is 2.93. The number of aliphatic hydroxyl groups is 1. The summed E-state index contributed by atoms with van der Waals surface area (Å²) in [7, 11) is 4.73. The molecular weight excluding hydrogens is 270 g/mol. The van der Waals surface area contributed by atoms with Crippen LogP contribution in [0.1, 0.15) is 5.69 Å². The molecule has 0 bridgehead atoms. The largest absolute Gasteiger partial charge is 0.467 e. The standard InChI is InChI=1S/C10H13N5O3S/c1-15-6(5-16)4-11-10(15)19-9-13-7(17-2)12-8(14-9)18-3/h4,16H,5H2,1-3H3. The minimum Gasteiger partial charge on any atom is -0.467 e. The van der Waals surface area contributed by atoms with Crippen LogP contribution in [0.15, 0.2) is 16.5 Å². The van der Waals surface area contributed by atoms with Crippen LogP contribution >= 0.6 is 11.8 Å². The highest BCUT2D eigenvalue weighted by atomic mass is 32.2. The molecule has 8 nitrogen and oxygen atoms in total. The van der Waals surface area contributed by atoms with Gasteiger partial charge in [-0.15, -0.1) is 4.98 Å². The fraction of sp³-hybridized carbons (Fsp3) is 0.400. The van der Waals surface area contributed by atoms with E-state index in [2.05, 4.69) is 19.9 Å². The van der Waals surface area contributed by atoms with E-state index >= 15 is 0 Å². The molecule has 2 aromatic heterocycles. The van der Waals surface area contributed by atoms with Crippen molar-refractivity contribution < 1.29 is 14.6 Å². The van der Waals surface area contributed by atoms with Gasteiger partial charge in [0.25, 0.3) is 0 Å². The summed E-state index contributed by atoms with van der Waals surface area (Å²) >= 11 is 1.23. The van der Waals surface area contributed by atoms with Gasteiger partial charge in [0, 0.05) is 7.05 Å². The van der Waals surface area contributed by atoms with Crippen molar-refractivity contribution in [3.8, 4) is 12.0 Å². The molecule has 0 saturated heterocycles. The molecule has 0 radical (unpaired) electrons. The Kier molecular flexibility index (Phi) is 4.17. The number of aliphatic hydroxyl groups excluding tert-OH is 1. The Morgan fingerprint density at radius 2 is 1.84 bits per heavy atom. The molecule has 0 saturated carbocycles. The molecular formula is C10H13N5O3S. The van der Waals surface area contributed by atoms with Crippen LogP contribution in [-0.2, 0) is 13.7 Å². The van der Waals surface area contributed by atoms with Crippen molar-refractivity contribution >= 4 is 11.8 Å². The first-order valence-corrected chi connectivity index (χ1v) is 6.13. The van der Waals surface area contributed by atoms with Crippen molar-refractivity contribution in [2.75, 3.05) is 14.2 Å². The van der Waals surface area contributed by atoms with Crippen LogP contribution in [0.2, 0.25) is 0 Å². The molecule has 0 amide bonds. The predicted octanol–water partition coefficient (Wildman–Crippen LogP) is 0.266. The molecule has 1 N–H and O–H groups in total. The highest BCUT2D eigenvalue weighted by molar-refractivity contribution is 7.99. The zero-order valence-electron chi connectivity index (χ0n) is 10.7. The van der Waals surface area contributed by atoms with E-state index in [1.165, 1.54) is 26.0 Å². The highest BCUT2D eigenvalue weighted by Gasteiger charge is 2.13. The van der Waals surface area contributed by atoms with Crippen LogP contribution < -0.4 is 9.47 Å². The van der Waals surface area contributed by atoms with Gasteiger partial charge in [-0.3, -0.25) is 0 Å². The third-order valence-corrected chi connectivity index (χ3v) is 3.25. The molecule has 0 spiro atoms. The van der Waals surface area contributed by atoms with Crippen LogP contribution in [0.5, 0.6) is 12.0 Å². The molecule has 0 aliphatic carbocycles. The van der Waals surface area contributed by atoms with Crippen LogP contribution in [0, 0.1) is 0 Å². The van der Waals surface area contributed by atoms with Gasteiger partial charge in [-0.05, 0) is 11.8 Å². The number of aromatic nitrogens is 5. The van der Waals surface area contributed by atoms with Crippen molar-refractivity contribution in [2.45, 2.75) is 16.9 Å². The van der Waals surface area contributed by atoms with E-state index in [1.54, 1.807) is 17.8 Å². The first-order chi connectivity index (χ1) is 9.17. The SMILES string of the molecule is COc1nc(OC)nc(Sc2ncc(CO)n2C)n1. The van der Waals surface area contributed by atoms with E-state index in [9.17, 15) is 0 Å². The first-order valence-electron chi connectivity index (χ1n) is 5.31. The third-order valence-electron chi connectivity index (χ3n) is 2.33. The van der Waals surface area contributed by atoms with E-state index in [0.29, 0.717) is 16.0 Å². The maximum atomic E-state index is 9.11. The Hall–Kier alpha value is -1.87. The Balaban J connectivity index is 2.29. The van der Waals surface area contributed by atoms with E-state index in [4.69, 9.17) is 14.6 Å². The minimum atomic E-state index is -0.0755. The smallest absolute Gasteiger partial charge is 0.323 e. The molecule has 19 heavy (non-hydrogen) atoms. The van der Waals surface area contributed by atoms with Crippen molar-refractivity contribution in [1.29, 1.82) is 0 Å². The van der Waals surface area contributed by atoms with E-state index in [0.717, 1.165) is 0 Å². The maximum absolute atomic E-state index is 9.11. The van der Waals surface area contributed by atoms with Gasteiger partial charge in [-0.2, -0.15) is 9.97 Å². The summed E-state index contributed by atoms with van der Waals surface area (Å²) in [4.78, 5) is 16.3. The van der Waals surface area contributed by atoms with Gasteiger partial charge in [-0.1, -0.05) is 0 Å². The van der Waals surface area contributed by atoms with Crippen LogP contribution in [0.3, 0.4) is 0 Å². The molecule has 0 aliphatic heterocycles. The molecule has 2 aromatic rings. The second-order valence-electron chi connectivity index (χ2n) is 3.44. The molecule has 0 aliphatic rings. The number of methoxy groups -OCH3 is 2.